The van der Waals surface area contributed by atoms with Gasteiger partial charge in [0.15, 0.2) is 11.5 Å². The molecule has 0 aliphatic carbocycles. The van der Waals surface area contributed by atoms with Crippen molar-refractivity contribution in [3.05, 3.63) is 54.1 Å². The van der Waals surface area contributed by atoms with Crippen molar-refractivity contribution < 1.29 is 14.3 Å². The van der Waals surface area contributed by atoms with Gasteiger partial charge in [0.25, 0.3) is 0 Å². The highest BCUT2D eigenvalue weighted by Gasteiger charge is 2.31. The molecule has 0 bridgehead atoms. The summed E-state index contributed by atoms with van der Waals surface area (Å²) in [6.07, 6.45) is 1.49. The molecule has 0 saturated carbocycles. The molecule has 1 heterocycles. The molecule has 1 fully saturated rings. The zero-order chi connectivity index (χ0) is 16.9. The normalized spacial score (nSPS) is 17.2. The first-order valence-corrected chi connectivity index (χ1v) is 8.81. The lowest BCUT2D eigenvalue weighted by atomic mass is 10.2. The number of hydrogen-bond donors (Lipinski definition) is 0. The monoisotopic (exact) mass is 343 g/mol. The second-order valence-corrected chi connectivity index (χ2v) is 6.89. The van der Waals surface area contributed by atoms with Crippen LogP contribution in [0.2, 0.25) is 0 Å². The highest BCUT2D eigenvalue weighted by Crippen LogP contribution is 2.35. The minimum Gasteiger partial charge on any atom is -0.493 e. The van der Waals surface area contributed by atoms with Gasteiger partial charge < -0.3 is 14.4 Å². The van der Waals surface area contributed by atoms with Crippen molar-refractivity contribution >= 4 is 17.7 Å². The van der Waals surface area contributed by atoms with Gasteiger partial charge in [-0.05, 0) is 36.2 Å². The Hall–Kier alpha value is -2.14. The predicted molar refractivity (Wildman–Crippen MR) is 95.4 cm³/mol. The fourth-order valence-electron chi connectivity index (χ4n) is 2.85. The Balaban J connectivity index is 1.75. The third-order valence-corrected chi connectivity index (χ3v) is 5.40. The molecular weight excluding hydrogens is 322 g/mol. The first kappa shape index (κ1) is 16.7. The van der Waals surface area contributed by atoms with Crippen LogP contribution in [0.3, 0.4) is 0 Å². The fourth-order valence-corrected chi connectivity index (χ4v) is 4.03. The Morgan fingerprint density at radius 2 is 1.83 bits per heavy atom. The van der Waals surface area contributed by atoms with Crippen LogP contribution in [0.25, 0.3) is 0 Å². The number of carbonyl (C=O) groups is 1. The Morgan fingerprint density at radius 1 is 1.08 bits per heavy atom. The minimum atomic E-state index is 0.174. The molecule has 3 rings (SSSR count). The van der Waals surface area contributed by atoms with E-state index >= 15 is 0 Å². The standard InChI is InChI=1S/C19H21NO3S/c1-22-16-9-8-14(12-17(16)23-2)13-20-18(21)10-11-19(20)24-15-6-4-3-5-7-15/h3-9,12,19H,10-11,13H2,1-2H3. The molecule has 4 nitrogen and oxygen atoms in total. The summed E-state index contributed by atoms with van der Waals surface area (Å²) in [7, 11) is 3.24. The van der Waals surface area contributed by atoms with Gasteiger partial charge in [0, 0.05) is 17.9 Å². The summed E-state index contributed by atoms with van der Waals surface area (Å²) in [6.45, 7) is 0.587. The minimum absolute atomic E-state index is 0.174. The lowest BCUT2D eigenvalue weighted by molar-refractivity contribution is -0.128. The maximum atomic E-state index is 12.3. The molecule has 0 radical (unpaired) electrons. The SMILES string of the molecule is COc1ccc(CN2C(=O)CCC2Sc2ccccc2)cc1OC. The van der Waals surface area contributed by atoms with Crippen LogP contribution in [-0.4, -0.2) is 30.4 Å². The molecule has 5 heteroatoms. The number of benzene rings is 2. The number of thioether (sulfide) groups is 1. The van der Waals surface area contributed by atoms with E-state index in [-0.39, 0.29) is 11.3 Å². The zero-order valence-corrected chi connectivity index (χ0v) is 14.7. The molecule has 2 aromatic carbocycles. The number of likely N-dealkylation sites (tertiary alicyclic amines) is 1. The van der Waals surface area contributed by atoms with Gasteiger partial charge in [-0.2, -0.15) is 0 Å². The molecule has 1 amide bonds. The fraction of sp³-hybridized carbons (Fsp3) is 0.316. The molecule has 0 spiro atoms. The van der Waals surface area contributed by atoms with E-state index in [4.69, 9.17) is 9.47 Å². The molecule has 1 aliphatic rings. The van der Waals surface area contributed by atoms with Crippen LogP contribution in [0, 0.1) is 0 Å². The molecule has 1 unspecified atom stereocenters. The van der Waals surface area contributed by atoms with E-state index in [1.807, 2.05) is 41.3 Å². The smallest absolute Gasteiger partial charge is 0.223 e. The topological polar surface area (TPSA) is 38.8 Å². The van der Waals surface area contributed by atoms with Gasteiger partial charge >= 0.3 is 0 Å². The first-order chi connectivity index (χ1) is 11.7. The average molecular weight is 343 g/mol. The van der Waals surface area contributed by atoms with Crippen molar-refractivity contribution in [1.29, 1.82) is 0 Å². The Bertz CT molecular complexity index is 705. The summed E-state index contributed by atoms with van der Waals surface area (Å²) in [5.74, 6) is 1.59. The lowest BCUT2D eigenvalue weighted by Gasteiger charge is -2.25. The number of rotatable bonds is 6. The Morgan fingerprint density at radius 3 is 2.54 bits per heavy atom. The van der Waals surface area contributed by atoms with Gasteiger partial charge in [0.2, 0.25) is 5.91 Å². The summed E-state index contributed by atoms with van der Waals surface area (Å²) in [5, 5.41) is 0.174. The highest BCUT2D eigenvalue weighted by atomic mass is 32.2. The van der Waals surface area contributed by atoms with Crippen molar-refractivity contribution in [3.8, 4) is 11.5 Å². The molecule has 126 valence electrons. The van der Waals surface area contributed by atoms with Gasteiger partial charge in [-0.15, -0.1) is 11.8 Å². The lowest BCUT2D eigenvalue weighted by Crippen LogP contribution is -2.30. The summed E-state index contributed by atoms with van der Waals surface area (Å²) < 4.78 is 10.6. The molecule has 0 N–H and O–H groups in total. The van der Waals surface area contributed by atoms with Crippen molar-refractivity contribution in [3.63, 3.8) is 0 Å². The van der Waals surface area contributed by atoms with E-state index in [2.05, 4.69) is 12.1 Å². The molecule has 1 aliphatic heterocycles. The zero-order valence-electron chi connectivity index (χ0n) is 13.9. The van der Waals surface area contributed by atoms with Crippen molar-refractivity contribution in [2.45, 2.75) is 29.7 Å². The third kappa shape index (κ3) is 3.67. The first-order valence-electron chi connectivity index (χ1n) is 7.93. The molecule has 1 saturated heterocycles. The van der Waals surface area contributed by atoms with Gasteiger partial charge in [-0.25, -0.2) is 0 Å². The van der Waals surface area contributed by atoms with E-state index in [0.29, 0.717) is 24.5 Å². The average Bonchev–Trinajstić information content (AvgIpc) is 2.96. The van der Waals surface area contributed by atoms with Gasteiger partial charge in [0.1, 0.15) is 0 Å². The number of amides is 1. The summed E-state index contributed by atoms with van der Waals surface area (Å²) in [6, 6.07) is 16.0. The van der Waals surface area contributed by atoms with E-state index in [1.54, 1.807) is 26.0 Å². The quantitative estimate of drug-likeness (QED) is 0.796. The third-order valence-electron chi connectivity index (χ3n) is 4.09. The molecule has 24 heavy (non-hydrogen) atoms. The molecule has 2 aromatic rings. The van der Waals surface area contributed by atoms with Crippen LogP contribution in [0.4, 0.5) is 0 Å². The van der Waals surface area contributed by atoms with Crippen LogP contribution in [-0.2, 0) is 11.3 Å². The summed E-state index contributed by atoms with van der Waals surface area (Å²) in [5.41, 5.74) is 1.04. The van der Waals surface area contributed by atoms with Crippen LogP contribution in [0.5, 0.6) is 11.5 Å². The maximum absolute atomic E-state index is 12.3. The van der Waals surface area contributed by atoms with E-state index in [1.165, 1.54) is 4.90 Å². The number of nitrogens with zero attached hydrogens (tertiary/aromatic N) is 1. The van der Waals surface area contributed by atoms with Gasteiger partial charge in [0.05, 0.1) is 19.6 Å². The van der Waals surface area contributed by atoms with Crippen LogP contribution in [0.1, 0.15) is 18.4 Å². The second kappa shape index (κ2) is 7.62. The summed E-state index contributed by atoms with van der Waals surface area (Å²) in [4.78, 5) is 15.5. The predicted octanol–water partition coefficient (Wildman–Crippen LogP) is 3.94. The largest absolute Gasteiger partial charge is 0.493 e. The Labute approximate surface area is 146 Å². The Kier molecular flexibility index (Phi) is 5.30. The number of hydrogen-bond acceptors (Lipinski definition) is 4. The van der Waals surface area contributed by atoms with Crippen molar-refractivity contribution in [1.82, 2.24) is 4.90 Å². The van der Waals surface area contributed by atoms with E-state index < -0.39 is 0 Å². The molecular formula is C19H21NO3S. The summed E-state index contributed by atoms with van der Waals surface area (Å²) >= 11 is 1.75. The van der Waals surface area contributed by atoms with Crippen LogP contribution >= 0.6 is 11.8 Å². The van der Waals surface area contributed by atoms with Crippen LogP contribution in [0.15, 0.2) is 53.4 Å². The van der Waals surface area contributed by atoms with Crippen molar-refractivity contribution in [2.24, 2.45) is 0 Å². The second-order valence-electron chi connectivity index (χ2n) is 5.64. The van der Waals surface area contributed by atoms with Crippen LogP contribution < -0.4 is 9.47 Å². The van der Waals surface area contributed by atoms with Crippen molar-refractivity contribution in [2.75, 3.05) is 14.2 Å². The molecule has 1 atom stereocenters. The number of carbonyl (C=O) groups excluding carboxylic acids is 1. The van der Waals surface area contributed by atoms with Gasteiger partial charge in [-0.3, -0.25) is 4.79 Å². The van der Waals surface area contributed by atoms with E-state index in [9.17, 15) is 4.79 Å². The maximum Gasteiger partial charge on any atom is 0.223 e. The van der Waals surface area contributed by atoms with E-state index in [0.717, 1.165) is 12.0 Å². The van der Waals surface area contributed by atoms with Gasteiger partial charge in [-0.1, -0.05) is 24.3 Å². The number of ether oxygens (including phenoxy) is 2. The highest BCUT2D eigenvalue weighted by molar-refractivity contribution is 8.00. The number of methoxy groups -OCH3 is 2. The molecule has 0 aromatic heterocycles.